The number of ether oxygens (including phenoxy) is 1. The summed E-state index contributed by atoms with van der Waals surface area (Å²) in [5, 5.41) is 11.0. The fourth-order valence-electron chi connectivity index (χ4n) is 0.987. The standard InChI is InChI=1S/C8H8ClNO3S/c1-13-7-4-8(14-2)5(9)3-6(7)10(11)12/h3-4H,1-2H3. The van der Waals surface area contributed by atoms with E-state index < -0.39 is 4.92 Å². The van der Waals surface area contributed by atoms with Gasteiger partial charge in [0, 0.05) is 17.0 Å². The van der Waals surface area contributed by atoms with Gasteiger partial charge in [-0.3, -0.25) is 10.1 Å². The average molecular weight is 234 g/mol. The maximum absolute atomic E-state index is 10.6. The molecule has 1 aromatic carbocycles. The largest absolute Gasteiger partial charge is 0.490 e. The number of thioether (sulfide) groups is 1. The van der Waals surface area contributed by atoms with Crippen molar-refractivity contribution >= 4 is 29.1 Å². The van der Waals surface area contributed by atoms with Crippen LogP contribution in [0.1, 0.15) is 0 Å². The van der Waals surface area contributed by atoms with E-state index in [0.717, 1.165) is 4.90 Å². The minimum Gasteiger partial charge on any atom is -0.490 e. The van der Waals surface area contributed by atoms with Gasteiger partial charge in [0.15, 0.2) is 5.75 Å². The summed E-state index contributed by atoms with van der Waals surface area (Å²) < 4.78 is 4.89. The van der Waals surface area contributed by atoms with Crippen LogP contribution in [0, 0.1) is 10.1 Å². The fraction of sp³-hybridized carbons (Fsp3) is 0.250. The van der Waals surface area contributed by atoms with Crippen molar-refractivity contribution in [1.82, 2.24) is 0 Å². The molecule has 0 N–H and O–H groups in total. The van der Waals surface area contributed by atoms with E-state index in [2.05, 4.69) is 0 Å². The van der Waals surface area contributed by atoms with Crippen LogP contribution < -0.4 is 4.74 Å². The number of benzene rings is 1. The predicted molar refractivity (Wildman–Crippen MR) is 56.4 cm³/mol. The highest BCUT2D eigenvalue weighted by Gasteiger charge is 2.17. The molecule has 0 unspecified atom stereocenters. The van der Waals surface area contributed by atoms with Crippen LogP contribution in [0.2, 0.25) is 5.02 Å². The molecule has 0 atom stereocenters. The van der Waals surface area contributed by atoms with Crippen molar-refractivity contribution in [2.24, 2.45) is 0 Å². The van der Waals surface area contributed by atoms with Crippen molar-refractivity contribution in [3.8, 4) is 5.75 Å². The molecular formula is C8H8ClNO3S. The van der Waals surface area contributed by atoms with Gasteiger partial charge in [0.25, 0.3) is 0 Å². The van der Waals surface area contributed by atoms with Crippen molar-refractivity contribution < 1.29 is 9.66 Å². The SMILES string of the molecule is COc1cc(SC)c(Cl)cc1[N+](=O)[O-]. The summed E-state index contributed by atoms with van der Waals surface area (Å²) in [7, 11) is 1.39. The Morgan fingerprint density at radius 3 is 2.64 bits per heavy atom. The lowest BCUT2D eigenvalue weighted by Gasteiger charge is -2.05. The second-order valence-electron chi connectivity index (χ2n) is 2.42. The zero-order chi connectivity index (χ0) is 10.7. The van der Waals surface area contributed by atoms with Crippen LogP contribution in [-0.2, 0) is 0 Å². The van der Waals surface area contributed by atoms with E-state index >= 15 is 0 Å². The van der Waals surface area contributed by atoms with Gasteiger partial charge in [0.1, 0.15) is 0 Å². The molecule has 1 aromatic rings. The molecule has 0 amide bonds. The lowest BCUT2D eigenvalue weighted by atomic mass is 10.3. The van der Waals surface area contributed by atoms with Crippen molar-refractivity contribution in [2.75, 3.05) is 13.4 Å². The number of methoxy groups -OCH3 is 1. The summed E-state index contributed by atoms with van der Waals surface area (Å²) in [4.78, 5) is 10.8. The maximum Gasteiger partial charge on any atom is 0.312 e. The summed E-state index contributed by atoms with van der Waals surface area (Å²) >= 11 is 7.23. The summed E-state index contributed by atoms with van der Waals surface area (Å²) in [6, 6.07) is 2.86. The Kier molecular flexibility index (Phi) is 3.60. The molecule has 0 aliphatic carbocycles. The smallest absolute Gasteiger partial charge is 0.312 e. The van der Waals surface area contributed by atoms with Gasteiger partial charge in [-0.05, 0) is 6.26 Å². The Morgan fingerprint density at radius 1 is 1.57 bits per heavy atom. The van der Waals surface area contributed by atoms with E-state index in [1.54, 1.807) is 6.07 Å². The molecule has 0 radical (unpaired) electrons. The molecule has 0 saturated carbocycles. The summed E-state index contributed by atoms with van der Waals surface area (Å²) in [6.07, 6.45) is 1.84. The van der Waals surface area contributed by atoms with Gasteiger partial charge in [-0.2, -0.15) is 0 Å². The number of halogens is 1. The van der Waals surface area contributed by atoms with Crippen molar-refractivity contribution in [2.45, 2.75) is 4.90 Å². The van der Waals surface area contributed by atoms with Crippen molar-refractivity contribution in [1.29, 1.82) is 0 Å². The van der Waals surface area contributed by atoms with E-state index in [1.807, 2.05) is 6.26 Å². The van der Waals surface area contributed by atoms with Gasteiger partial charge < -0.3 is 4.74 Å². The molecule has 0 fully saturated rings. The molecule has 14 heavy (non-hydrogen) atoms. The molecule has 76 valence electrons. The van der Waals surface area contributed by atoms with E-state index in [9.17, 15) is 10.1 Å². The van der Waals surface area contributed by atoms with E-state index in [4.69, 9.17) is 16.3 Å². The Balaban J connectivity index is 3.31. The normalized spacial score (nSPS) is 9.93. The summed E-state index contributed by atoms with van der Waals surface area (Å²) in [6.45, 7) is 0. The van der Waals surface area contributed by atoms with Crippen LogP contribution in [0.4, 0.5) is 5.69 Å². The molecule has 0 spiro atoms. The summed E-state index contributed by atoms with van der Waals surface area (Å²) in [5.41, 5.74) is -0.115. The first-order valence-electron chi connectivity index (χ1n) is 3.66. The van der Waals surface area contributed by atoms with Crippen LogP contribution in [-0.4, -0.2) is 18.3 Å². The maximum atomic E-state index is 10.6. The highest BCUT2D eigenvalue weighted by Crippen LogP contribution is 2.36. The molecule has 0 bridgehead atoms. The Morgan fingerprint density at radius 2 is 2.21 bits per heavy atom. The molecular weight excluding hydrogens is 226 g/mol. The van der Waals surface area contributed by atoms with Gasteiger partial charge in [-0.1, -0.05) is 11.6 Å². The topological polar surface area (TPSA) is 52.4 Å². The molecule has 0 heterocycles. The van der Waals surface area contributed by atoms with Gasteiger partial charge in [-0.25, -0.2) is 0 Å². The summed E-state index contributed by atoms with van der Waals surface area (Å²) in [5.74, 6) is 0.226. The molecule has 0 aromatic heterocycles. The third-order valence-electron chi connectivity index (χ3n) is 1.65. The predicted octanol–water partition coefficient (Wildman–Crippen LogP) is 2.98. The Labute approximate surface area is 90.4 Å². The highest BCUT2D eigenvalue weighted by molar-refractivity contribution is 7.98. The Bertz CT molecular complexity index is 370. The van der Waals surface area contributed by atoms with Gasteiger partial charge in [0.2, 0.25) is 0 Å². The van der Waals surface area contributed by atoms with Gasteiger partial charge in [0.05, 0.1) is 17.1 Å². The van der Waals surface area contributed by atoms with E-state index in [0.29, 0.717) is 5.02 Å². The van der Waals surface area contributed by atoms with Crippen LogP contribution in [0.25, 0.3) is 0 Å². The quantitative estimate of drug-likeness (QED) is 0.458. The second-order valence-corrected chi connectivity index (χ2v) is 3.67. The second kappa shape index (κ2) is 4.52. The van der Waals surface area contributed by atoms with E-state index in [-0.39, 0.29) is 11.4 Å². The number of hydrogen-bond donors (Lipinski definition) is 0. The number of nitro benzene ring substituents is 1. The first kappa shape index (κ1) is 11.1. The molecule has 0 aliphatic rings. The van der Waals surface area contributed by atoms with Crippen LogP contribution in [0.15, 0.2) is 17.0 Å². The molecule has 0 aliphatic heterocycles. The number of nitro groups is 1. The fourth-order valence-corrected chi connectivity index (χ4v) is 1.86. The first-order chi connectivity index (χ1) is 6.60. The van der Waals surface area contributed by atoms with Crippen LogP contribution in [0.3, 0.4) is 0 Å². The van der Waals surface area contributed by atoms with Crippen LogP contribution >= 0.6 is 23.4 Å². The third kappa shape index (κ3) is 2.10. The number of rotatable bonds is 3. The zero-order valence-electron chi connectivity index (χ0n) is 7.61. The number of hydrogen-bond acceptors (Lipinski definition) is 4. The molecule has 6 heteroatoms. The van der Waals surface area contributed by atoms with E-state index in [1.165, 1.54) is 24.9 Å². The van der Waals surface area contributed by atoms with Crippen molar-refractivity contribution in [3.05, 3.63) is 27.3 Å². The van der Waals surface area contributed by atoms with Crippen molar-refractivity contribution in [3.63, 3.8) is 0 Å². The van der Waals surface area contributed by atoms with Gasteiger partial charge >= 0.3 is 5.69 Å². The minimum absolute atomic E-state index is 0.115. The molecule has 4 nitrogen and oxygen atoms in total. The Hall–Kier alpha value is -0.940. The lowest BCUT2D eigenvalue weighted by molar-refractivity contribution is -0.385. The van der Waals surface area contributed by atoms with Crippen LogP contribution in [0.5, 0.6) is 5.75 Å². The average Bonchev–Trinajstić information content (AvgIpc) is 2.17. The monoisotopic (exact) mass is 233 g/mol. The molecule has 1 rings (SSSR count). The first-order valence-corrected chi connectivity index (χ1v) is 5.26. The molecule has 0 saturated heterocycles. The zero-order valence-corrected chi connectivity index (χ0v) is 9.19. The van der Waals surface area contributed by atoms with Gasteiger partial charge in [-0.15, -0.1) is 11.8 Å². The lowest BCUT2D eigenvalue weighted by Crippen LogP contribution is -1.94. The minimum atomic E-state index is -0.519. The third-order valence-corrected chi connectivity index (χ3v) is 2.85. The number of nitrogens with zero attached hydrogens (tertiary/aromatic N) is 1. The highest BCUT2D eigenvalue weighted by atomic mass is 35.5.